The Bertz CT molecular complexity index is 874. The molecule has 2 aromatic carbocycles. The summed E-state index contributed by atoms with van der Waals surface area (Å²) < 4.78 is 5.14. The molecule has 0 unspecified atom stereocenters. The minimum Gasteiger partial charge on any atom is -0.451 e. The fraction of sp³-hybridized carbons (Fsp3) is 0.435. The van der Waals surface area contributed by atoms with Gasteiger partial charge in [-0.15, -0.1) is 0 Å². The Morgan fingerprint density at radius 1 is 1.00 bits per heavy atom. The molecule has 1 aliphatic carbocycles. The number of amides is 2. The van der Waals surface area contributed by atoms with E-state index in [0.29, 0.717) is 18.0 Å². The second-order valence-electron chi connectivity index (χ2n) is 7.63. The highest BCUT2D eigenvalue weighted by Gasteiger charge is 2.20. The van der Waals surface area contributed by atoms with Crippen LogP contribution in [0.5, 0.6) is 0 Å². The van der Waals surface area contributed by atoms with Gasteiger partial charge in [0.05, 0.1) is 0 Å². The molecule has 6 nitrogen and oxygen atoms in total. The third-order valence-electron chi connectivity index (χ3n) is 5.37. The van der Waals surface area contributed by atoms with E-state index in [4.69, 9.17) is 4.74 Å². The van der Waals surface area contributed by atoms with Gasteiger partial charge in [0.1, 0.15) is 6.54 Å². The van der Waals surface area contributed by atoms with Crippen LogP contribution in [0.15, 0.2) is 42.5 Å². The number of hydrogen-bond acceptors (Lipinski definition) is 4. The predicted octanol–water partition coefficient (Wildman–Crippen LogP) is 3.20. The number of benzene rings is 2. The number of esters is 1. The zero-order valence-electron chi connectivity index (χ0n) is 16.8. The summed E-state index contributed by atoms with van der Waals surface area (Å²) >= 11 is 0. The molecule has 0 aliphatic heterocycles. The average molecular weight is 396 g/mol. The van der Waals surface area contributed by atoms with Gasteiger partial charge >= 0.3 is 5.97 Å². The van der Waals surface area contributed by atoms with E-state index in [1.807, 2.05) is 30.3 Å². The van der Waals surface area contributed by atoms with E-state index in [0.717, 1.165) is 23.6 Å². The number of carbonyl (C=O) groups excluding carboxylic acids is 3. The number of ether oxygens (including phenoxy) is 1. The minimum atomic E-state index is -0.885. The van der Waals surface area contributed by atoms with Crippen LogP contribution in [0.25, 0.3) is 10.8 Å². The summed E-state index contributed by atoms with van der Waals surface area (Å²) in [5.41, 5.74) is 0.467. The summed E-state index contributed by atoms with van der Waals surface area (Å²) in [6.45, 7) is 1.88. The standard InChI is InChI=1S/C23H28N2O4/c1-16(22(27)24-14-17-7-3-2-4-8-17)29-21(26)15-25-23(28)20-12-11-18-9-5-6-10-19(18)13-20/h5-6,9-13,16-17H,2-4,7-8,14-15H2,1H3,(H,24,27)(H,25,28)/t16-/m1/s1. The van der Waals surface area contributed by atoms with Gasteiger partial charge in [-0.2, -0.15) is 0 Å². The van der Waals surface area contributed by atoms with Crippen molar-refractivity contribution in [3.05, 3.63) is 48.0 Å². The van der Waals surface area contributed by atoms with E-state index in [1.165, 1.54) is 19.3 Å². The van der Waals surface area contributed by atoms with Crippen LogP contribution in [-0.4, -0.2) is 37.0 Å². The van der Waals surface area contributed by atoms with Crippen LogP contribution in [0, 0.1) is 5.92 Å². The van der Waals surface area contributed by atoms with Crippen molar-refractivity contribution in [1.29, 1.82) is 0 Å². The molecule has 1 atom stereocenters. The summed E-state index contributed by atoms with van der Waals surface area (Å²) in [6.07, 6.45) is 5.07. The zero-order chi connectivity index (χ0) is 20.6. The van der Waals surface area contributed by atoms with Crippen LogP contribution in [0.3, 0.4) is 0 Å². The molecular weight excluding hydrogens is 368 g/mol. The number of hydrogen-bond donors (Lipinski definition) is 2. The van der Waals surface area contributed by atoms with Crippen LogP contribution < -0.4 is 10.6 Å². The minimum absolute atomic E-state index is 0.286. The highest BCUT2D eigenvalue weighted by molar-refractivity contribution is 5.99. The molecule has 0 radical (unpaired) electrons. The van der Waals surface area contributed by atoms with Gasteiger partial charge in [0.2, 0.25) is 0 Å². The van der Waals surface area contributed by atoms with Crippen molar-refractivity contribution in [3.63, 3.8) is 0 Å². The highest BCUT2D eigenvalue weighted by atomic mass is 16.5. The van der Waals surface area contributed by atoms with Crippen molar-refractivity contribution in [3.8, 4) is 0 Å². The maximum absolute atomic E-state index is 12.3. The Morgan fingerprint density at radius 2 is 1.72 bits per heavy atom. The molecule has 3 rings (SSSR count). The third kappa shape index (κ3) is 6.04. The van der Waals surface area contributed by atoms with Gasteiger partial charge < -0.3 is 15.4 Å². The summed E-state index contributed by atoms with van der Waals surface area (Å²) in [7, 11) is 0. The van der Waals surface area contributed by atoms with E-state index in [2.05, 4.69) is 10.6 Å². The molecule has 154 valence electrons. The average Bonchev–Trinajstić information content (AvgIpc) is 2.76. The molecule has 2 amide bonds. The Balaban J connectivity index is 1.42. The first-order chi connectivity index (χ1) is 14.0. The van der Waals surface area contributed by atoms with Crippen LogP contribution in [0.2, 0.25) is 0 Å². The topological polar surface area (TPSA) is 84.5 Å². The monoisotopic (exact) mass is 396 g/mol. The van der Waals surface area contributed by atoms with Crippen molar-refractivity contribution in [2.45, 2.75) is 45.1 Å². The van der Waals surface area contributed by atoms with E-state index in [-0.39, 0.29) is 18.4 Å². The summed E-state index contributed by atoms with van der Waals surface area (Å²) in [5.74, 6) is -0.789. The van der Waals surface area contributed by atoms with Crippen molar-refractivity contribution >= 4 is 28.6 Å². The molecule has 0 saturated heterocycles. The van der Waals surface area contributed by atoms with E-state index in [1.54, 1.807) is 19.1 Å². The Labute approximate surface area is 171 Å². The molecular formula is C23H28N2O4. The maximum Gasteiger partial charge on any atom is 0.326 e. The first-order valence-electron chi connectivity index (χ1n) is 10.3. The quantitative estimate of drug-likeness (QED) is 0.704. The Morgan fingerprint density at radius 3 is 2.48 bits per heavy atom. The Hall–Kier alpha value is -2.89. The fourth-order valence-corrected chi connectivity index (χ4v) is 3.66. The van der Waals surface area contributed by atoms with Crippen molar-refractivity contribution in [2.75, 3.05) is 13.1 Å². The summed E-state index contributed by atoms with van der Waals surface area (Å²) in [4.78, 5) is 36.4. The van der Waals surface area contributed by atoms with Crippen LogP contribution in [-0.2, 0) is 14.3 Å². The molecule has 6 heteroatoms. The lowest BCUT2D eigenvalue weighted by Crippen LogP contribution is -2.40. The number of nitrogens with one attached hydrogen (secondary N) is 2. The van der Waals surface area contributed by atoms with E-state index >= 15 is 0 Å². The third-order valence-corrected chi connectivity index (χ3v) is 5.37. The van der Waals surface area contributed by atoms with Gasteiger partial charge in [-0.05, 0) is 48.6 Å². The van der Waals surface area contributed by atoms with Gasteiger partial charge in [-0.3, -0.25) is 14.4 Å². The summed E-state index contributed by atoms with van der Waals surface area (Å²) in [5, 5.41) is 7.40. The first kappa shape index (κ1) is 20.8. The number of rotatable bonds is 7. The van der Waals surface area contributed by atoms with Gasteiger partial charge in [-0.1, -0.05) is 49.6 Å². The second kappa shape index (κ2) is 10.0. The fourth-order valence-electron chi connectivity index (χ4n) is 3.66. The molecule has 2 N–H and O–H groups in total. The normalized spacial score (nSPS) is 15.5. The van der Waals surface area contributed by atoms with E-state index < -0.39 is 12.1 Å². The predicted molar refractivity (Wildman–Crippen MR) is 111 cm³/mol. The Kier molecular flexibility index (Phi) is 7.22. The molecule has 29 heavy (non-hydrogen) atoms. The molecule has 0 bridgehead atoms. The molecule has 0 spiro atoms. The molecule has 1 aliphatic rings. The molecule has 1 saturated carbocycles. The molecule has 1 fully saturated rings. The number of carbonyl (C=O) groups is 3. The largest absolute Gasteiger partial charge is 0.451 e. The van der Waals surface area contributed by atoms with Crippen molar-refractivity contribution in [1.82, 2.24) is 10.6 Å². The maximum atomic E-state index is 12.3. The smallest absolute Gasteiger partial charge is 0.326 e. The van der Waals surface area contributed by atoms with Gasteiger partial charge in [-0.25, -0.2) is 0 Å². The zero-order valence-corrected chi connectivity index (χ0v) is 16.8. The van der Waals surface area contributed by atoms with Gasteiger partial charge in [0.15, 0.2) is 6.10 Å². The summed E-state index contributed by atoms with van der Waals surface area (Å²) in [6, 6.07) is 13.1. The van der Waals surface area contributed by atoms with Crippen molar-refractivity contribution < 1.29 is 19.1 Å². The van der Waals surface area contributed by atoms with Crippen LogP contribution in [0.1, 0.15) is 49.4 Å². The first-order valence-corrected chi connectivity index (χ1v) is 10.3. The lowest BCUT2D eigenvalue weighted by atomic mass is 9.89. The van der Waals surface area contributed by atoms with Crippen LogP contribution in [0.4, 0.5) is 0 Å². The van der Waals surface area contributed by atoms with Gasteiger partial charge in [0.25, 0.3) is 11.8 Å². The van der Waals surface area contributed by atoms with E-state index in [9.17, 15) is 14.4 Å². The number of fused-ring (bicyclic) bond motifs is 1. The van der Waals surface area contributed by atoms with Crippen LogP contribution >= 0.6 is 0 Å². The highest BCUT2D eigenvalue weighted by Crippen LogP contribution is 2.22. The lowest BCUT2D eigenvalue weighted by molar-refractivity contribution is -0.153. The van der Waals surface area contributed by atoms with Gasteiger partial charge in [0, 0.05) is 12.1 Å². The van der Waals surface area contributed by atoms with Crippen molar-refractivity contribution in [2.24, 2.45) is 5.92 Å². The lowest BCUT2D eigenvalue weighted by Gasteiger charge is -2.22. The molecule has 0 aromatic heterocycles. The second-order valence-corrected chi connectivity index (χ2v) is 7.63. The SMILES string of the molecule is C[C@@H](OC(=O)CNC(=O)c1ccc2ccccc2c1)C(=O)NCC1CCCCC1. The molecule has 2 aromatic rings. The molecule has 0 heterocycles.